The normalized spacial score (nSPS) is 13.6. The molecule has 0 bridgehead atoms. The van der Waals surface area contributed by atoms with Crippen LogP contribution >= 0.6 is 0 Å². The third-order valence-electron chi connectivity index (χ3n) is 3.16. The summed E-state index contributed by atoms with van der Waals surface area (Å²) in [5, 5.41) is 6.37. The van der Waals surface area contributed by atoms with Gasteiger partial charge in [0, 0.05) is 12.2 Å². The molecule has 2 N–H and O–H groups in total. The highest BCUT2D eigenvalue weighted by molar-refractivity contribution is 5.96. The SMILES string of the molecule is COC(=O)c1ccccc1Nc1ccnc(NC2CC2)n1. The number of aromatic nitrogens is 2. The van der Waals surface area contributed by atoms with Crippen LogP contribution in [0.3, 0.4) is 0 Å². The number of esters is 1. The van der Waals surface area contributed by atoms with Gasteiger partial charge in [0.25, 0.3) is 0 Å². The molecule has 0 saturated heterocycles. The minimum absolute atomic E-state index is 0.386. The largest absolute Gasteiger partial charge is 0.465 e. The molecule has 6 heteroatoms. The molecule has 0 radical (unpaired) electrons. The van der Waals surface area contributed by atoms with E-state index in [1.807, 2.05) is 12.1 Å². The van der Waals surface area contributed by atoms with Gasteiger partial charge in [0.2, 0.25) is 5.95 Å². The number of nitrogens with zero attached hydrogens (tertiary/aromatic N) is 2. The Labute approximate surface area is 122 Å². The molecule has 1 heterocycles. The van der Waals surface area contributed by atoms with E-state index >= 15 is 0 Å². The summed E-state index contributed by atoms with van der Waals surface area (Å²) in [4.78, 5) is 20.3. The van der Waals surface area contributed by atoms with Crippen molar-refractivity contribution in [1.29, 1.82) is 0 Å². The predicted molar refractivity (Wildman–Crippen MR) is 79.7 cm³/mol. The second-order valence-electron chi connectivity index (χ2n) is 4.85. The smallest absolute Gasteiger partial charge is 0.339 e. The van der Waals surface area contributed by atoms with Crippen LogP contribution in [0.25, 0.3) is 0 Å². The van der Waals surface area contributed by atoms with Gasteiger partial charge < -0.3 is 15.4 Å². The molecule has 0 spiro atoms. The molecule has 108 valence electrons. The molecule has 0 aliphatic heterocycles. The van der Waals surface area contributed by atoms with E-state index in [0.29, 0.717) is 29.1 Å². The highest BCUT2D eigenvalue weighted by atomic mass is 16.5. The summed E-state index contributed by atoms with van der Waals surface area (Å²) in [6.07, 6.45) is 4.00. The molecule has 1 fully saturated rings. The standard InChI is InChI=1S/C15H16N4O2/c1-21-14(20)11-4-2-3-5-12(11)18-13-8-9-16-15(19-13)17-10-6-7-10/h2-5,8-10H,6-7H2,1H3,(H2,16,17,18,19). The number of anilines is 3. The third-order valence-corrected chi connectivity index (χ3v) is 3.16. The average Bonchev–Trinajstić information content (AvgIpc) is 3.31. The van der Waals surface area contributed by atoms with Gasteiger partial charge in [-0.05, 0) is 31.0 Å². The lowest BCUT2D eigenvalue weighted by Gasteiger charge is -2.10. The Morgan fingerprint density at radius 1 is 1.29 bits per heavy atom. The van der Waals surface area contributed by atoms with Crippen molar-refractivity contribution in [1.82, 2.24) is 9.97 Å². The number of hydrogen-bond acceptors (Lipinski definition) is 6. The average molecular weight is 284 g/mol. The van der Waals surface area contributed by atoms with Gasteiger partial charge in [-0.2, -0.15) is 4.98 Å². The van der Waals surface area contributed by atoms with Crippen molar-refractivity contribution < 1.29 is 9.53 Å². The molecule has 2 aromatic rings. The molecular formula is C15H16N4O2. The number of benzene rings is 1. The fraction of sp³-hybridized carbons (Fsp3) is 0.267. The van der Waals surface area contributed by atoms with E-state index in [-0.39, 0.29) is 5.97 Å². The van der Waals surface area contributed by atoms with Gasteiger partial charge in [-0.1, -0.05) is 12.1 Å². The fourth-order valence-corrected chi connectivity index (χ4v) is 1.93. The molecule has 1 aliphatic rings. The number of hydrogen-bond donors (Lipinski definition) is 2. The number of nitrogens with one attached hydrogen (secondary N) is 2. The molecule has 1 saturated carbocycles. The van der Waals surface area contributed by atoms with E-state index in [4.69, 9.17) is 4.74 Å². The molecule has 0 unspecified atom stereocenters. The van der Waals surface area contributed by atoms with Crippen LogP contribution in [0.4, 0.5) is 17.5 Å². The van der Waals surface area contributed by atoms with Crippen molar-refractivity contribution in [2.45, 2.75) is 18.9 Å². The monoisotopic (exact) mass is 284 g/mol. The lowest BCUT2D eigenvalue weighted by atomic mass is 10.2. The maximum absolute atomic E-state index is 11.7. The topological polar surface area (TPSA) is 76.1 Å². The molecule has 0 amide bonds. The Kier molecular flexibility index (Phi) is 3.68. The van der Waals surface area contributed by atoms with E-state index in [2.05, 4.69) is 20.6 Å². The van der Waals surface area contributed by atoms with Crippen LogP contribution in [0.5, 0.6) is 0 Å². The number of ether oxygens (including phenoxy) is 1. The van der Waals surface area contributed by atoms with Crippen LogP contribution in [-0.4, -0.2) is 29.1 Å². The van der Waals surface area contributed by atoms with Gasteiger partial charge >= 0.3 is 5.97 Å². The van der Waals surface area contributed by atoms with E-state index in [9.17, 15) is 4.79 Å². The third kappa shape index (κ3) is 3.28. The lowest BCUT2D eigenvalue weighted by molar-refractivity contribution is 0.0602. The van der Waals surface area contributed by atoms with E-state index in [1.165, 1.54) is 7.11 Å². The minimum Gasteiger partial charge on any atom is -0.465 e. The minimum atomic E-state index is -0.386. The first kappa shape index (κ1) is 13.4. The number of carbonyl (C=O) groups excluding carboxylic acids is 1. The molecular weight excluding hydrogens is 268 g/mol. The summed E-state index contributed by atoms with van der Waals surface area (Å²) >= 11 is 0. The first-order valence-electron chi connectivity index (χ1n) is 6.80. The quantitative estimate of drug-likeness (QED) is 0.822. The lowest BCUT2D eigenvalue weighted by Crippen LogP contribution is -2.08. The molecule has 1 aliphatic carbocycles. The Bertz CT molecular complexity index is 656. The summed E-state index contributed by atoms with van der Waals surface area (Å²) in [6.45, 7) is 0. The Balaban J connectivity index is 1.81. The number of rotatable bonds is 5. The first-order valence-corrected chi connectivity index (χ1v) is 6.80. The zero-order valence-corrected chi connectivity index (χ0v) is 11.7. The Morgan fingerprint density at radius 2 is 2.10 bits per heavy atom. The Hall–Kier alpha value is -2.63. The number of carbonyl (C=O) groups is 1. The van der Waals surface area contributed by atoms with Crippen molar-refractivity contribution >= 4 is 23.4 Å². The zero-order valence-electron chi connectivity index (χ0n) is 11.7. The summed E-state index contributed by atoms with van der Waals surface area (Å²) in [7, 11) is 1.36. The highest BCUT2D eigenvalue weighted by Gasteiger charge is 2.22. The molecule has 1 aromatic carbocycles. The summed E-state index contributed by atoms with van der Waals surface area (Å²) in [6, 6.07) is 9.40. The second kappa shape index (κ2) is 5.78. The molecule has 6 nitrogen and oxygen atoms in total. The van der Waals surface area contributed by atoms with Crippen LogP contribution in [0.1, 0.15) is 23.2 Å². The Morgan fingerprint density at radius 3 is 2.86 bits per heavy atom. The van der Waals surface area contributed by atoms with Gasteiger partial charge in [-0.15, -0.1) is 0 Å². The summed E-state index contributed by atoms with van der Waals surface area (Å²) in [5.41, 5.74) is 1.12. The van der Waals surface area contributed by atoms with Gasteiger partial charge in [-0.3, -0.25) is 0 Å². The van der Waals surface area contributed by atoms with Crippen molar-refractivity contribution in [2.75, 3.05) is 17.7 Å². The summed E-state index contributed by atoms with van der Waals surface area (Å²) < 4.78 is 4.78. The first-order chi connectivity index (χ1) is 10.3. The van der Waals surface area contributed by atoms with Crippen LogP contribution in [0.15, 0.2) is 36.5 Å². The maximum atomic E-state index is 11.7. The molecule has 0 atom stereocenters. The van der Waals surface area contributed by atoms with Crippen LogP contribution < -0.4 is 10.6 Å². The van der Waals surface area contributed by atoms with Crippen LogP contribution in [0, 0.1) is 0 Å². The van der Waals surface area contributed by atoms with E-state index < -0.39 is 0 Å². The van der Waals surface area contributed by atoms with Gasteiger partial charge in [-0.25, -0.2) is 9.78 Å². The van der Waals surface area contributed by atoms with Crippen molar-refractivity contribution in [3.63, 3.8) is 0 Å². The second-order valence-corrected chi connectivity index (χ2v) is 4.85. The van der Waals surface area contributed by atoms with Gasteiger partial charge in [0.1, 0.15) is 5.82 Å². The van der Waals surface area contributed by atoms with Crippen LogP contribution in [0.2, 0.25) is 0 Å². The maximum Gasteiger partial charge on any atom is 0.339 e. The summed E-state index contributed by atoms with van der Waals surface area (Å²) in [5.74, 6) is 0.839. The fourth-order valence-electron chi connectivity index (χ4n) is 1.93. The number of methoxy groups -OCH3 is 1. The van der Waals surface area contributed by atoms with Crippen molar-refractivity contribution in [3.05, 3.63) is 42.1 Å². The molecule has 1 aromatic heterocycles. The van der Waals surface area contributed by atoms with Gasteiger partial charge in [0.05, 0.1) is 18.4 Å². The van der Waals surface area contributed by atoms with Gasteiger partial charge in [0.15, 0.2) is 0 Å². The van der Waals surface area contributed by atoms with Crippen LogP contribution in [-0.2, 0) is 4.74 Å². The predicted octanol–water partition coefficient (Wildman–Crippen LogP) is 2.58. The van der Waals surface area contributed by atoms with E-state index in [0.717, 1.165) is 12.8 Å². The van der Waals surface area contributed by atoms with Crippen molar-refractivity contribution in [2.24, 2.45) is 0 Å². The number of para-hydroxylation sites is 1. The van der Waals surface area contributed by atoms with E-state index in [1.54, 1.807) is 24.4 Å². The molecule has 21 heavy (non-hydrogen) atoms. The zero-order chi connectivity index (χ0) is 14.7. The highest BCUT2D eigenvalue weighted by Crippen LogP contribution is 2.24. The molecule has 3 rings (SSSR count). The van der Waals surface area contributed by atoms with Crippen molar-refractivity contribution in [3.8, 4) is 0 Å².